The van der Waals surface area contributed by atoms with Gasteiger partial charge in [0.15, 0.2) is 5.78 Å². The zero-order valence-electron chi connectivity index (χ0n) is 17.9. The molecule has 0 radical (unpaired) electrons. The number of rotatable bonds is 3. The summed E-state index contributed by atoms with van der Waals surface area (Å²) >= 11 is 0. The van der Waals surface area contributed by atoms with Crippen LogP contribution in [-0.2, 0) is 22.0 Å². The molecular formula is C26H31NO. The normalized spacial score (nSPS) is 20.0. The lowest BCUT2D eigenvalue weighted by molar-refractivity contribution is -0.113. The van der Waals surface area contributed by atoms with Crippen LogP contribution in [0.15, 0.2) is 36.5 Å². The number of hydrogen-bond acceptors (Lipinski definition) is 2. The van der Waals surface area contributed by atoms with Gasteiger partial charge < -0.3 is 0 Å². The van der Waals surface area contributed by atoms with Crippen molar-refractivity contribution in [2.24, 2.45) is 0 Å². The Kier molecular flexibility index (Phi) is 4.56. The van der Waals surface area contributed by atoms with Crippen LogP contribution >= 0.6 is 0 Å². The highest BCUT2D eigenvalue weighted by Gasteiger charge is 2.37. The third-order valence-electron chi connectivity index (χ3n) is 6.84. The van der Waals surface area contributed by atoms with E-state index >= 15 is 0 Å². The molecule has 2 aromatic rings. The Hall–Kier alpha value is -2.22. The molecule has 0 saturated carbocycles. The van der Waals surface area contributed by atoms with Crippen LogP contribution in [0.2, 0.25) is 0 Å². The van der Waals surface area contributed by atoms with E-state index in [1.165, 1.54) is 35.1 Å². The molecule has 1 aromatic carbocycles. The molecule has 4 rings (SSSR count). The van der Waals surface area contributed by atoms with Crippen LogP contribution in [0.1, 0.15) is 86.9 Å². The number of carbonyl (C=O) groups is 1. The Morgan fingerprint density at radius 2 is 1.68 bits per heavy atom. The van der Waals surface area contributed by atoms with E-state index in [2.05, 4.69) is 63.9 Å². The summed E-state index contributed by atoms with van der Waals surface area (Å²) in [5.41, 5.74) is 9.05. The minimum absolute atomic E-state index is 0.222. The number of nitrogens with zero attached hydrogens (tertiary/aromatic N) is 1. The topological polar surface area (TPSA) is 30.0 Å². The lowest BCUT2D eigenvalue weighted by Crippen LogP contribution is -2.34. The second-order valence-electron chi connectivity index (χ2n) is 9.89. The molecule has 2 aliphatic rings. The van der Waals surface area contributed by atoms with Crippen LogP contribution < -0.4 is 0 Å². The Balaban J connectivity index is 1.65. The number of ketones is 1. The molecule has 0 atom stereocenters. The lowest BCUT2D eigenvalue weighted by atomic mass is 9.62. The van der Waals surface area contributed by atoms with E-state index in [4.69, 9.17) is 0 Å². The Bertz CT molecular complexity index is 961. The number of allylic oxidation sites excluding steroid dienone is 2. The van der Waals surface area contributed by atoms with Gasteiger partial charge in [0.1, 0.15) is 0 Å². The number of Topliss-reactive ketones (excluding diaryl/α,β-unsaturated/α-hetero) is 1. The first-order valence-electron chi connectivity index (χ1n) is 10.5. The lowest BCUT2D eigenvalue weighted by Gasteiger charge is -2.42. The van der Waals surface area contributed by atoms with Gasteiger partial charge >= 0.3 is 0 Å². The van der Waals surface area contributed by atoms with Gasteiger partial charge in [0, 0.05) is 35.9 Å². The summed E-state index contributed by atoms with van der Waals surface area (Å²) in [6.07, 6.45) is 8.70. The van der Waals surface area contributed by atoms with Gasteiger partial charge in [-0.15, -0.1) is 0 Å². The average Bonchev–Trinajstić information content (AvgIpc) is 3.07. The van der Waals surface area contributed by atoms with Crippen LogP contribution in [-0.4, -0.2) is 10.8 Å². The van der Waals surface area contributed by atoms with E-state index in [9.17, 15) is 4.79 Å². The molecular weight excluding hydrogens is 342 g/mol. The van der Waals surface area contributed by atoms with Gasteiger partial charge in [-0.1, -0.05) is 52.0 Å². The maximum absolute atomic E-state index is 11.9. The van der Waals surface area contributed by atoms with Gasteiger partial charge in [-0.2, -0.15) is 0 Å². The van der Waals surface area contributed by atoms with Crippen molar-refractivity contribution in [1.29, 1.82) is 0 Å². The van der Waals surface area contributed by atoms with Gasteiger partial charge in [0.2, 0.25) is 0 Å². The average molecular weight is 374 g/mol. The fourth-order valence-electron chi connectivity index (χ4n) is 4.72. The van der Waals surface area contributed by atoms with Crippen LogP contribution in [0.3, 0.4) is 0 Å². The minimum atomic E-state index is 0.222. The molecule has 0 spiro atoms. The van der Waals surface area contributed by atoms with Gasteiger partial charge in [-0.3, -0.25) is 9.78 Å². The summed E-state index contributed by atoms with van der Waals surface area (Å²) in [6, 6.07) is 8.99. The number of aromatic nitrogens is 1. The molecule has 1 aromatic heterocycles. The maximum atomic E-state index is 11.9. The number of fused-ring (bicyclic) bond motifs is 1. The second kappa shape index (κ2) is 6.69. The number of aryl methyl sites for hydroxylation is 1. The number of pyridine rings is 1. The highest BCUT2D eigenvalue weighted by molar-refractivity contribution is 6.22. The summed E-state index contributed by atoms with van der Waals surface area (Å²) in [7, 11) is 0. The molecule has 146 valence electrons. The largest absolute Gasteiger partial charge is 0.294 e. The SMILES string of the molecule is Cc1cc2c(cc1Cc1ccc(C3=CCCC3=O)cn1)C(C)(C)CCC2(C)C. The first-order valence-corrected chi connectivity index (χ1v) is 10.5. The van der Waals surface area contributed by atoms with Crippen molar-refractivity contribution in [2.45, 2.75) is 77.6 Å². The molecule has 0 amide bonds. The highest BCUT2D eigenvalue weighted by atomic mass is 16.1. The summed E-state index contributed by atoms with van der Waals surface area (Å²) in [5, 5.41) is 0. The number of carbonyl (C=O) groups excluding carboxylic acids is 1. The molecule has 28 heavy (non-hydrogen) atoms. The van der Waals surface area contributed by atoms with E-state index in [0.29, 0.717) is 6.42 Å². The van der Waals surface area contributed by atoms with E-state index < -0.39 is 0 Å². The van der Waals surface area contributed by atoms with E-state index in [0.717, 1.165) is 29.7 Å². The minimum Gasteiger partial charge on any atom is -0.294 e. The first-order chi connectivity index (χ1) is 13.2. The van der Waals surface area contributed by atoms with Gasteiger partial charge in [0.25, 0.3) is 0 Å². The van der Waals surface area contributed by atoms with E-state index in [-0.39, 0.29) is 16.6 Å². The number of benzene rings is 1. The number of hydrogen-bond donors (Lipinski definition) is 0. The summed E-state index contributed by atoms with van der Waals surface area (Å²) in [4.78, 5) is 16.6. The molecule has 0 aliphatic heterocycles. The van der Waals surface area contributed by atoms with Crippen molar-refractivity contribution in [2.75, 3.05) is 0 Å². The first kappa shape index (κ1) is 19.1. The second-order valence-corrected chi connectivity index (χ2v) is 9.89. The van der Waals surface area contributed by atoms with Crippen LogP contribution in [0.5, 0.6) is 0 Å². The fraction of sp³-hybridized carbons (Fsp3) is 0.462. The predicted octanol–water partition coefficient (Wildman–Crippen LogP) is 6.08. The van der Waals surface area contributed by atoms with Crippen molar-refractivity contribution in [3.8, 4) is 0 Å². The molecule has 2 heteroatoms. The van der Waals surface area contributed by atoms with Crippen LogP contribution in [0.25, 0.3) is 5.57 Å². The highest BCUT2D eigenvalue weighted by Crippen LogP contribution is 2.46. The zero-order chi connectivity index (χ0) is 20.1. The van der Waals surface area contributed by atoms with E-state index in [1.807, 2.05) is 12.3 Å². The third kappa shape index (κ3) is 3.34. The fourth-order valence-corrected chi connectivity index (χ4v) is 4.72. The predicted molar refractivity (Wildman–Crippen MR) is 116 cm³/mol. The molecule has 0 unspecified atom stereocenters. The van der Waals surface area contributed by atoms with Crippen LogP contribution in [0, 0.1) is 6.92 Å². The zero-order valence-corrected chi connectivity index (χ0v) is 17.9. The van der Waals surface area contributed by atoms with Crippen molar-refractivity contribution in [1.82, 2.24) is 4.98 Å². The standard InChI is InChI=1S/C26H31NO/c1-17-13-22-23(26(4,5)12-11-25(22,2)3)15-19(17)14-20-10-9-18(16-27-20)21-7-6-8-24(21)28/h7,9-10,13,15-16H,6,8,11-12,14H2,1-5H3. The summed E-state index contributed by atoms with van der Waals surface area (Å²) in [5.74, 6) is 0.241. The van der Waals surface area contributed by atoms with Gasteiger partial charge in [-0.05, 0) is 65.3 Å². The Morgan fingerprint density at radius 3 is 2.25 bits per heavy atom. The molecule has 0 fully saturated rings. The molecule has 2 nitrogen and oxygen atoms in total. The van der Waals surface area contributed by atoms with Crippen molar-refractivity contribution in [3.05, 3.63) is 70.0 Å². The van der Waals surface area contributed by atoms with Crippen molar-refractivity contribution >= 4 is 11.4 Å². The van der Waals surface area contributed by atoms with Crippen molar-refractivity contribution in [3.63, 3.8) is 0 Å². The Labute approximate surface area is 169 Å². The monoisotopic (exact) mass is 373 g/mol. The Morgan fingerprint density at radius 1 is 1.00 bits per heavy atom. The summed E-state index contributed by atoms with van der Waals surface area (Å²) in [6.45, 7) is 11.7. The van der Waals surface area contributed by atoms with Crippen molar-refractivity contribution < 1.29 is 4.79 Å². The molecule has 0 saturated heterocycles. The smallest absolute Gasteiger partial charge is 0.163 e. The van der Waals surface area contributed by atoms with E-state index in [1.54, 1.807) is 0 Å². The summed E-state index contributed by atoms with van der Waals surface area (Å²) < 4.78 is 0. The van der Waals surface area contributed by atoms with Gasteiger partial charge in [-0.25, -0.2) is 0 Å². The molecule has 1 heterocycles. The quantitative estimate of drug-likeness (QED) is 0.653. The third-order valence-corrected chi connectivity index (χ3v) is 6.84. The molecule has 0 bridgehead atoms. The maximum Gasteiger partial charge on any atom is 0.163 e. The molecule has 0 N–H and O–H groups in total. The van der Waals surface area contributed by atoms with Gasteiger partial charge in [0.05, 0.1) is 0 Å². The van der Waals surface area contributed by atoms with Crippen LogP contribution in [0.4, 0.5) is 0 Å². The molecule has 2 aliphatic carbocycles.